The molecule has 0 radical (unpaired) electrons. The average Bonchev–Trinajstić information content (AvgIpc) is 3.45. The van der Waals surface area contributed by atoms with Crippen molar-refractivity contribution in [2.24, 2.45) is 0 Å². The highest BCUT2D eigenvalue weighted by Crippen LogP contribution is 2.22. The summed E-state index contributed by atoms with van der Waals surface area (Å²) in [6.07, 6.45) is 2.09. The molecular weight excluding hydrogens is 340 g/mol. The van der Waals surface area contributed by atoms with E-state index in [1.54, 1.807) is 12.1 Å². The van der Waals surface area contributed by atoms with Crippen LogP contribution < -0.4 is 5.32 Å². The zero-order valence-corrected chi connectivity index (χ0v) is 15.0. The van der Waals surface area contributed by atoms with Gasteiger partial charge in [0.25, 0.3) is 0 Å². The smallest absolute Gasteiger partial charge is 0.244 e. The molecule has 1 N–H and O–H groups in total. The predicted molar refractivity (Wildman–Crippen MR) is 92.1 cm³/mol. The Balaban J connectivity index is 1.65. The van der Waals surface area contributed by atoms with Gasteiger partial charge in [-0.1, -0.05) is 12.1 Å². The fraction of sp³-hybridized carbons (Fsp3) is 0.529. The van der Waals surface area contributed by atoms with Crippen molar-refractivity contribution in [1.82, 2.24) is 14.5 Å². The van der Waals surface area contributed by atoms with Crippen molar-refractivity contribution in [3.05, 3.63) is 29.8 Å². The first-order valence-electron chi connectivity index (χ1n) is 8.47. The monoisotopic (exact) mass is 362 g/mol. The minimum absolute atomic E-state index is 0.00799. The number of nitriles is 1. The summed E-state index contributed by atoms with van der Waals surface area (Å²) in [6.45, 7) is 3.46. The van der Waals surface area contributed by atoms with E-state index in [1.165, 1.54) is 16.4 Å². The molecule has 1 heterocycles. The van der Waals surface area contributed by atoms with E-state index < -0.39 is 10.0 Å². The largest absolute Gasteiger partial charge is 0.352 e. The second-order valence-corrected chi connectivity index (χ2v) is 8.41. The van der Waals surface area contributed by atoms with Crippen LogP contribution in [0.15, 0.2) is 29.2 Å². The van der Waals surface area contributed by atoms with Gasteiger partial charge in [0, 0.05) is 32.2 Å². The van der Waals surface area contributed by atoms with Crippen LogP contribution in [0.1, 0.15) is 25.3 Å². The first-order valence-corrected chi connectivity index (χ1v) is 9.91. The van der Waals surface area contributed by atoms with Gasteiger partial charge >= 0.3 is 0 Å². The average molecular weight is 362 g/mol. The Morgan fingerprint density at radius 1 is 1.24 bits per heavy atom. The number of nitrogens with zero attached hydrogens (tertiary/aromatic N) is 3. The Bertz CT molecular complexity index is 790. The maximum Gasteiger partial charge on any atom is 0.244 e. The van der Waals surface area contributed by atoms with Gasteiger partial charge in [0.2, 0.25) is 15.9 Å². The van der Waals surface area contributed by atoms with E-state index in [9.17, 15) is 13.2 Å². The molecule has 3 rings (SSSR count). The molecule has 1 aromatic rings. The van der Waals surface area contributed by atoms with Crippen LogP contribution in [0.25, 0.3) is 0 Å². The number of hydrogen-bond acceptors (Lipinski definition) is 5. The van der Waals surface area contributed by atoms with Gasteiger partial charge in [0.15, 0.2) is 0 Å². The number of carbonyl (C=O) groups is 1. The van der Waals surface area contributed by atoms with Crippen molar-refractivity contribution in [1.29, 1.82) is 5.26 Å². The molecule has 1 saturated heterocycles. The molecule has 0 unspecified atom stereocenters. The van der Waals surface area contributed by atoms with E-state index >= 15 is 0 Å². The molecule has 134 valence electrons. The first kappa shape index (κ1) is 17.9. The quantitative estimate of drug-likeness (QED) is 0.825. The topological polar surface area (TPSA) is 93.5 Å². The molecule has 0 bridgehead atoms. The lowest BCUT2D eigenvalue weighted by Crippen LogP contribution is -2.55. The number of sulfonamides is 1. The molecule has 1 atom stereocenters. The van der Waals surface area contributed by atoms with E-state index in [0.29, 0.717) is 32.2 Å². The summed E-state index contributed by atoms with van der Waals surface area (Å²) in [4.78, 5) is 14.2. The normalized spacial score (nSPS) is 20.6. The summed E-state index contributed by atoms with van der Waals surface area (Å²) in [7, 11) is -3.70. The van der Waals surface area contributed by atoms with Crippen LogP contribution in [0.4, 0.5) is 0 Å². The van der Waals surface area contributed by atoms with Crippen LogP contribution in [0.5, 0.6) is 0 Å². The molecule has 0 aromatic heterocycles. The lowest BCUT2D eigenvalue weighted by atomic mass is 10.2. The van der Waals surface area contributed by atoms with Crippen LogP contribution in [0.3, 0.4) is 0 Å². The number of rotatable bonds is 5. The van der Waals surface area contributed by atoms with Gasteiger partial charge in [-0.2, -0.15) is 9.57 Å². The molecule has 1 aliphatic carbocycles. The van der Waals surface area contributed by atoms with Gasteiger partial charge in [-0.3, -0.25) is 9.69 Å². The van der Waals surface area contributed by atoms with Gasteiger partial charge in [-0.25, -0.2) is 8.42 Å². The number of benzene rings is 1. The summed E-state index contributed by atoms with van der Waals surface area (Å²) in [5, 5.41) is 12.1. The molecule has 8 heteroatoms. The third-order valence-corrected chi connectivity index (χ3v) is 6.71. The third kappa shape index (κ3) is 3.84. The summed E-state index contributed by atoms with van der Waals surface area (Å²) in [5.41, 5.74) is 0.155. The minimum Gasteiger partial charge on any atom is -0.352 e. The number of amides is 1. The summed E-state index contributed by atoms with van der Waals surface area (Å²) >= 11 is 0. The summed E-state index contributed by atoms with van der Waals surface area (Å²) in [6, 6.07) is 8.23. The lowest BCUT2D eigenvalue weighted by molar-refractivity contribution is -0.126. The van der Waals surface area contributed by atoms with Crippen molar-refractivity contribution in [2.75, 3.05) is 26.2 Å². The highest BCUT2D eigenvalue weighted by molar-refractivity contribution is 7.89. The standard InChI is InChI=1S/C17H22N4O3S/c1-13(17(22)19-15-6-7-15)20-8-10-21(11-9-20)25(23,24)16-5-3-2-4-14(16)12-18/h2-5,13,15H,6-11H2,1H3,(H,19,22)/t13-/m0/s1. The van der Waals surface area contributed by atoms with E-state index in [4.69, 9.17) is 5.26 Å². The van der Waals surface area contributed by atoms with Crippen molar-refractivity contribution in [2.45, 2.75) is 36.7 Å². The van der Waals surface area contributed by atoms with E-state index in [2.05, 4.69) is 5.32 Å². The maximum atomic E-state index is 12.8. The molecule has 25 heavy (non-hydrogen) atoms. The van der Waals surface area contributed by atoms with E-state index in [0.717, 1.165) is 12.8 Å². The molecule has 2 aliphatic rings. The van der Waals surface area contributed by atoms with Gasteiger partial charge in [-0.05, 0) is 31.9 Å². The lowest BCUT2D eigenvalue weighted by Gasteiger charge is -2.36. The Morgan fingerprint density at radius 2 is 1.88 bits per heavy atom. The van der Waals surface area contributed by atoms with Gasteiger partial charge < -0.3 is 5.32 Å². The van der Waals surface area contributed by atoms with Crippen molar-refractivity contribution < 1.29 is 13.2 Å². The van der Waals surface area contributed by atoms with Crippen LogP contribution >= 0.6 is 0 Å². The number of piperazine rings is 1. The Morgan fingerprint density at radius 3 is 2.48 bits per heavy atom. The zero-order chi connectivity index (χ0) is 18.0. The number of hydrogen-bond donors (Lipinski definition) is 1. The Kier molecular flexibility index (Phi) is 5.08. The molecule has 7 nitrogen and oxygen atoms in total. The van der Waals surface area contributed by atoms with Gasteiger partial charge in [0.05, 0.1) is 16.5 Å². The van der Waals surface area contributed by atoms with Crippen molar-refractivity contribution in [3.8, 4) is 6.07 Å². The molecule has 2 fully saturated rings. The van der Waals surface area contributed by atoms with Crippen LogP contribution in [-0.4, -0.2) is 61.8 Å². The van der Waals surface area contributed by atoms with Gasteiger partial charge in [-0.15, -0.1) is 0 Å². The molecular formula is C17H22N4O3S. The molecule has 1 aliphatic heterocycles. The minimum atomic E-state index is -3.70. The molecule has 1 aromatic carbocycles. The SMILES string of the molecule is C[C@@H](C(=O)NC1CC1)N1CCN(S(=O)(=O)c2ccccc2C#N)CC1. The predicted octanol–water partition coefficient (Wildman–Crippen LogP) is 0.532. The van der Waals surface area contributed by atoms with Crippen molar-refractivity contribution >= 4 is 15.9 Å². The molecule has 1 amide bonds. The fourth-order valence-corrected chi connectivity index (χ4v) is 4.53. The fourth-order valence-electron chi connectivity index (χ4n) is 2.97. The summed E-state index contributed by atoms with van der Waals surface area (Å²) < 4.78 is 27.0. The second kappa shape index (κ2) is 7.12. The van der Waals surface area contributed by atoms with E-state index in [-0.39, 0.29) is 22.4 Å². The zero-order valence-electron chi connectivity index (χ0n) is 14.2. The van der Waals surface area contributed by atoms with Crippen LogP contribution in [0, 0.1) is 11.3 Å². The number of carbonyl (C=O) groups excluding carboxylic acids is 1. The van der Waals surface area contributed by atoms with Crippen LogP contribution in [0.2, 0.25) is 0 Å². The maximum absolute atomic E-state index is 12.8. The molecule has 0 spiro atoms. The number of nitrogens with one attached hydrogen (secondary N) is 1. The Labute approximate surface area is 148 Å². The second-order valence-electron chi connectivity index (χ2n) is 6.51. The first-order chi connectivity index (χ1) is 11.9. The third-order valence-electron chi connectivity index (χ3n) is 4.75. The molecule has 1 saturated carbocycles. The van der Waals surface area contributed by atoms with Crippen molar-refractivity contribution in [3.63, 3.8) is 0 Å². The van der Waals surface area contributed by atoms with Gasteiger partial charge in [0.1, 0.15) is 6.07 Å². The van der Waals surface area contributed by atoms with Crippen LogP contribution in [-0.2, 0) is 14.8 Å². The highest BCUT2D eigenvalue weighted by Gasteiger charge is 2.34. The Hall–Kier alpha value is -1.95. The summed E-state index contributed by atoms with van der Waals surface area (Å²) in [5.74, 6) is 0.00799. The highest BCUT2D eigenvalue weighted by atomic mass is 32.2. The van der Waals surface area contributed by atoms with E-state index in [1.807, 2.05) is 17.9 Å².